The van der Waals surface area contributed by atoms with Crippen LogP contribution in [0.5, 0.6) is 0 Å². The topological polar surface area (TPSA) is 78.9 Å². The Morgan fingerprint density at radius 1 is 1.26 bits per heavy atom. The average molecular weight is 320 g/mol. The summed E-state index contributed by atoms with van der Waals surface area (Å²) in [7, 11) is 0. The summed E-state index contributed by atoms with van der Waals surface area (Å²) in [6, 6.07) is 6.37. The second-order valence-corrected chi connectivity index (χ2v) is 5.82. The molecule has 2 N–H and O–H groups in total. The molecule has 1 saturated heterocycles. The molecule has 0 unspecified atom stereocenters. The summed E-state index contributed by atoms with van der Waals surface area (Å²) in [5, 5.41) is 11.9. The van der Waals surface area contributed by atoms with Crippen LogP contribution in [0.3, 0.4) is 0 Å². The van der Waals surface area contributed by atoms with E-state index in [0.717, 1.165) is 18.8 Å². The third kappa shape index (κ3) is 4.45. The SMILES string of the molecule is CC[C@H](C)[C@H](NC(=O)c1ccc(N2CCOCC2)cc1)C(=O)O. The number of morpholine rings is 1. The predicted octanol–water partition coefficient (Wildman–Crippen LogP) is 1.75. The quantitative estimate of drug-likeness (QED) is 0.835. The molecule has 23 heavy (non-hydrogen) atoms. The molecular weight excluding hydrogens is 296 g/mol. The number of hydrogen-bond acceptors (Lipinski definition) is 4. The molecule has 1 aliphatic rings. The highest BCUT2D eigenvalue weighted by molar-refractivity contribution is 5.96. The number of carbonyl (C=O) groups excluding carboxylic acids is 1. The van der Waals surface area contributed by atoms with Gasteiger partial charge in [-0.25, -0.2) is 4.79 Å². The molecule has 0 aromatic heterocycles. The highest BCUT2D eigenvalue weighted by atomic mass is 16.5. The fourth-order valence-corrected chi connectivity index (χ4v) is 2.55. The van der Waals surface area contributed by atoms with Gasteiger partial charge in [-0.3, -0.25) is 4.79 Å². The van der Waals surface area contributed by atoms with E-state index in [9.17, 15) is 14.7 Å². The highest BCUT2D eigenvalue weighted by Gasteiger charge is 2.25. The Morgan fingerprint density at radius 2 is 1.87 bits per heavy atom. The molecule has 1 heterocycles. The summed E-state index contributed by atoms with van der Waals surface area (Å²) in [5.74, 6) is -1.48. The minimum absolute atomic E-state index is 0.121. The molecule has 1 aromatic rings. The number of nitrogens with zero attached hydrogens (tertiary/aromatic N) is 1. The number of rotatable bonds is 6. The van der Waals surface area contributed by atoms with Crippen LogP contribution >= 0.6 is 0 Å². The molecule has 6 nitrogen and oxygen atoms in total. The number of hydrogen-bond donors (Lipinski definition) is 2. The number of aliphatic carboxylic acids is 1. The number of nitrogens with one attached hydrogen (secondary N) is 1. The Bertz CT molecular complexity index is 538. The Hall–Kier alpha value is -2.08. The first-order valence-electron chi connectivity index (χ1n) is 7.99. The number of carbonyl (C=O) groups is 2. The number of amides is 1. The average Bonchev–Trinajstić information content (AvgIpc) is 2.59. The van der Waals surface area contributed by atoms with Gasteiger partial charge in [0.1, 0.15) is 6.04 Å². The van der Waals surface area contributed by atoms with Crippen molar-refractivity contribution < 1.29 is 19.4 Å². The number of carboxylic acids is 1. The van der Waals surface area contributed by atoms with Gasteiger partial charge in [0, 0.05) is 24.3 Å². The molecule has 1 aromatic carbocycles. The van der Waals surface area contributed by atoms with E-state index in [4.69, 9.17) is 4.74 Å². The Kier molecular flexibility index (Phi) is 5.98. The van der Waals surface area contributed by atoms with Crippen molar-refractivity contribution in [2.24, 2.45) is 5.92 Å². The van der Waals surface area contributed by atoms with Gasteiger partial charge in [-0.1, -0.05) is 20.3 Å². The summed E-state index contributed by atoms with van der Waals surface area (Å²) in [4.78, 5) is 25.8. The number of anilines is 1. The van der Waals surface area contributed by atoms with E-state index >= 15 is 0 Å². The van der Waals surface area contributed by atoms with E-state index < -0.39 is 12.0 Å². The fourth-order valence-electron chi connectivity index (χ4n) is 2.55. The summed E-state index contributed by atoms with van der Waals surface area (Å²) in [5.41, 5.74) is 1.51. The lowest BCUT2D eigenvalue weighted by atomic mass is 9.99. The molecule has 1 fully saturated rings. The predicted molar refractivity (Wildman–Crippen MR) is 87.8 cm³/mol. The highest BCUT2D eigenvalue weighted by Crippen LogP contribution is 2.17. The van der Waals surface area contributed by atoms with Crippen molar-refractivity contribution in [1.29, 1.82) is 0 Å². The van der Waals surface area contributed by atoms with Gasteiger partial charge in [-0.2, -0.15) is 0 Å². The van der Waals surface area contributed by atoms with E-state index in [1.165, 1.54) is 0 Å². The second kappa shape index (κ2) is 7.97. The van der Waals surface area contributed by atoms with Crippen molar-refractivity contribution in [3.05, 3.63) is 29.8 Å². The molecule has 0 bridgehead atoms. The van der Waals surface area contributed by atoms with Crippen molar-refractivity contribution in [2.45, 2.75) is 26.3 Å². The minimum atomic E-state index is -1.00. The second-order valence-electron chi connectivity index (χ2n) is 5.82. The zero-order valence-electron chi connectivity index (χ0n) is 13.6. The smallest absolute Gasteiger partial charge is 0.326 e. The summed E-state index contributed by atoms with van der Waals surface area (Å²) in [6.45, 7) is 6.81. The lowest BCUT2D eigenvalue weighted by Gasteiger charge is -2.29. The van der Waals surface area contributed by atoms with E-state index in [-0.39, 0.29) is 11.8 Å². The van der Waals surface area contributed by atoms with Crippen molar-refractivity contribution in [1.82, 2.24) is 5.32 Å². The van der Waals surface area contributed by atoms with Gasteiger partial charge >= 0.3 is 5.97 Å². The van der Waals surface area contributed by atoms with Crippen LogP contribution in [-0.4, -0.2) is 49.3 Å². The largest absolute Gasteiger partial charge is 0.480 e. The van der Waals surface area contributed by atoms with Crippen LogP contribution in [-0.2, 0) is 9.53 Å². The molecule has 0 spiro atoms. The first-order chi connectivity index (χ1) is 11.0. The van der Waals surface area contributed by atoms with Crippen LogP contribution in [0.15, 0.2) is 24.3 Å². The maximum Gasteiger partial charge on any atom is 0.326 e. The molecule has 0 radical (unpaired) electrons. The lowest BCUT2D eigenvalue weighted by Crippen LogP contribution is -2.45. The molecule has 2 atom stereocenters. The zero-order valence-corrected chi connectivity index (χ0v) is 13.6. The first-order valence-corrected chi connectivity index (χ1v) is 7.99. The van der Waals surface area contributed by atoms with Gasteiger partial charge in [-0.15, -0.1) is 0 Å². The lowest BCUT2D eigenvalue weighted by molar-refractivity contribution is -0.140. The molecule has 2 rings (SSSR count). The van der Waals surface area contributed by atoms with Crippen LogP contribution in [0.4, 0.5) is 5.69 Å². The van der Waals surface area contributed by atoms with E-state index in [0.29, 0.717) is 25.2 Å². The molecule has 0 saturated carbocycles. The van der Waals surface area contributed by atoms with Crippen molar-refractivity contribution in [2.75, 3.05) is 31.2 Å². The van der Waals surface area contributed by atoms with E-state index in [2.05, 4.69) is 10.2 Å². The maximum atomic E-state index is 12.3. The van der Waals surface area contributed by atoms with Gasteiger partial charge < -0.3 is 20.1 Å². The van der Waals surface area contributed by atoms with Gasteiger partial charge in [0.15, 0.2) is 0 Å². The Balaban J connectivity index is 2.03. The Morgan fingerprint density at radius 3 is 2.39 bits per heavy atom. The Labute approximate surface area is 136 Å². The van der Waals surface area contributed by atoms with Crippen LogP contribution in [0, 0.1) is 5.92 Å². The molecule has 6 heteroatoms. The molecular formula is C17H24N2O4. The molecule has 1 aliphatic heterocycles. The van der Waals surface area contributed by atoms with Crippen LogP contribution in [0.1, 0.15) is 30.6 Å². The normalized spacial score (nSPS) is 17.4. The number of benzene rings is 1. The summed E-state index contributed by atoms with van der Waals surface area (Å²) in [6.07, 6.45) is 0.688. The summed E-state index contributed by atoms with van der Waals surface area (Å²) < 4.78 is 5.32. The van der Waals surface area contributed by atoms with Gasteiger partial charge in [0.25, 0.3) is 5.91 Å². The van der Waals surface area contributed by atoms with Crippen LogP contribution < -0.4 is 10.2 Å². The minimum Gasteiger partial charge on any atom is -0.480 e. The van der Waals surface area contributed by atoms with Crippen molar-refractivity contribution in [3.8, 4) is 0 Å². The molecule has 1 amide bonds. The van der Waals surface area contributed by atoms with Crippen molar-refractivity contribution >= 4 is 17.6 Å². The fraction of sp³-hybridized carbons (Fsp3) is 0.529. The first kappa shape index (κ1) is 17.3. The van der Waals surface area contributed by atoms with Gasteiger partial charge in [0.2, 0.25) is 0 Å². The van der Waals surface area contributed by atoms with Crippen molar-refractivity contribution in [3.63, 3.8) is 0 Å². The molecule has 0 aliphatic carbocycles. The van der Waals surface area contributed by atoms with Gasteiger partial charge in [-0.05, 0) is 30.2 Å². The zero-order chi connectivity index (χ0) is 16.8. The third-order valence-corrected chi connectivity index (χ3v) is 4.27. The number of ether oxygens (including phenoxy) is 1. The summed E-state index contributed by atoms with van der Waals surface area (Å²) >= 11 is 0. The maximum absolute atomic E-state index is 12.3. The third-order valence-electron chi connectivity index (χ3n) is 4.27. The van der Waals surface area contributed by atoms with E-state index in [1.54, 1.807) is 12.1 Å². The van der Waals surface area contributed by atoms with E-state index in [1.807, 2.05) is 26.0 Å². The monoisotopic (exact) mass is 320 g/mol. The molecule has 126 valence electrons. The van der Waals surface area contributed by atoms with Crippen LogP contribution in [0.2, 0.25) is 0 Å². The van der Waals surface area contributed by atoms with Gasteiger partial charge in [0.05, 0.1) is 13.2 Å². The standard InChI is InChI=1S/C17H24N2O4/c1-3-12(2)15(17(21)22)18-16(20)13-4-6-14(7-5-13)19-8-10-23-11-9-19/h4-7,12,15H,3,8-11H2,1-2H3,(H,18,20)(H,21,22)/t12-,15-/m0/s1. The number of carboxylic acid groups (broad SMARTS) is 1. The van der Waals surface area contributed by atoms with Crippen LogP contribution in [0.25, 0.3) is 0 Å².